The Labute approximate surface area is 266 Å². The molecule has 2 rings (SSSR count). The second-order valence-corrected chi connectivity index (χ2v) is 9.66. The summed E-state index contributed by atoms with van der Waals surface area (Å²) >= 11 is 0. The van der Waals surface area contributed by atoms with Crippen molar-refractivity contribution >= 4 is 17.7 Å². The lowest BCUT2D eigenvalue weighted by Crippen LogP contribution is -2.28. The molecule has 0 aliphatic heterocycles. The van der Waals surface area contributed by atoms with Crippen molar-refractivity contribution in [2.24, 2.45) is 0 Å². The average molecular weight is 635 g/mol. The molecule has 2 N–H and O–H groups in total. The summed E-state index contributed by atoms with van der Waals surface area (Å²) in [6.07, 6.45) is 1.77. The van der Waals surface area contributed by atoms with Gasteiger partial charge in [0.05, 0.1) is 84.8 Å². The molecule has 0 atom stereocenters. The largest absolute Gasteiger partial charge is 0.460 e. The molecule has 12 heteroatoms. The summed E-state index contributed by atoms with van der Waals surface area (Å²) in [7, 11) is 0. The van der Waals surface area contributed by atoms with Gasteiger partial charge in [0, 0.05) is 18.8 Å². The van der Waals surface area contributed by atoms with Gasteiger partial charge in [-0.05, 0) is 36.2 Å². The summed E-state index contributed by atoms with van der Waals surface area (Å²) in [6.45, 7) is 8.99. The fourth-order valence-electron chi connectivity index (χ4n) is 3.61. The van der Waals surface area contributed by atoms with E-state index in [2.05, 4.69) is 17.6 Å². The lowest BCUT2D eigenvalue weighted by molar-refractivity contribution is -0.0192. The zero-order valence-corrected chi connectivity index (χ0v) is 26.5. The topological polar surface area (TPSA) is 132 Å². The number of amides is 1. The van der Waals surface area contributed by atoms with Gasteiger partial charge in [-0.15, -0.1) is 0 Å². The number of anilines is 1. The van der Waals surface area contributed by atoms with Gasteiger partial charge in [0.1, 0.15) is 13.2 Å². The lowest BCUT2D eigenvalue weighted by atomic mass is 10.2. The number of esters is 1. The quantitative estimate of drug-likeness (QED) is 0.104. The van der Waals surface area contributed by atoms with Crippen LogP contribution in [-0.4, -0.2) is 111 Å². The molecule has 0 saturated carbocycles. The Morgan fingerprint density at radius 3 is 1.62 bits per heavy atom. The predicted molar refractivity (Wildman–Crippen MR) is 170 cm³/mol. The number of hydrogen-bond donors (Lipinski definition) is 2. The monoisotopic (exact) mass is 634 g/mol. The maximum Gasteiger partial charge on any atom is 0.407 e. The number of rotatable bonds is 28. The Bertz CT molecular complexity index is 995. The molecule has 0 fully saturated rings. The first-order chi connectivity index (χ1) is 22.2. The van der Waals surface area contributed by atoms with Gasteiger partial charge in [0.2, 0.25) is 0 Å². The number of alkyl carbamates (subject to hydrolysis) is 1. The molecule has 0 spiro atoms. The highest BCUT2D eigenvalue weighted by Crippen LogP contribution is 2.11. The standard InChI is InChI=1S/C33H50N2O10/c1-2-3-13-34-31-11-9-30(10-12-31)32(36)44-27-26-43-25-24-42-23-22-41-21-20-40-19-18-39-17-16-38-15-14-35-33(37)45-28-29-7-5-4-6-8-29/h4-12,34H,2-3,13-28H2,1H3,(H,35,37). The van der Waals surface area contributed by atoms with E-state index >= 15 is 0 Å². The van der Waals surface area contributed by atoms with Gasteiger partial charge >= 0.3 is 12.1 Å². The minimum atomic E-state index is -0.473. The van der Waals surface area contributed by atoms with Crippen LogP contribution in [0.25, 0.3) is 0 Å². The number of carbonyl (C=O) groups excluding carboxylic acids is 2. The number of nitrogens with one attached hydrogen (secondary N) is 2. The number of carbonyl (C=O) groups is 2. The third kappa shape index (κ3) is 21.2. The van der Waals surface area contributed by atoms with E-state index in [1.54, 1.807) is 12.1 Å². The van der Waals surface area contributed by atoms with Crippen LogP contribution >= 0.6 is 0 Å². The third-order valence-electron chi connectivity index (χ3n) is 6.03. The fraction of sp³-hybridized carbons (Fsp3) is 0.576. The number of benzene rings is 2. The van der Waals surface area contributed by atoms with Gasteiger partial charge in [0.15, 0.2) is 0 Å². The zero-order chi connectivity index (χ0) is 32.0. The van der Waals surface area contributed by atoms with E-state index in [-0.39, 0.29) is 19.2 Å². The van der Waals surface area contributed by atoms with Crippen LogP contribution in [0.5, 0.6) is 0 Å². The molecule has 45 heavy (non-hydrogen) atoms. The van der Waals surface area contributed by atoms with Gasteiger partial charge in [-0.3, -0.25) is 0 Å². The summed E-state index contributed by atoms with van der Waals surface area (Å²) in [5, 5.41) is 5.95. The molecule has 0 unspecified atom stereocenters. The van der Waals surface area contributed by atoms with E-state index in [9.17, 15) is 9.59 Å². The highest BCUT2D eigenvalue weighted by molar-refractivity contribution is 5.89. The van der Waals surface area contributed by atoms with E-state index in [4.69, 9.17) is 37.9 Å². The van der Waals surface area contributed by atoms with Crippen molar-refractivity contribution in [1.82, 2.24) is 5.32 Å². The Kier molecular flexibility index (Phi) is 22.8. The van der Waals surface area contributed by atoms with E-state index in [0.29, 0.717) is 91.4 Å². The first-order valence-electron chi connectivity index (χ1n) is 15.6. The molecular formula is C33H50N2O10. The van der Waals surface area contributed by atoms with Crippen molar-refractivity contribution in [2.45, 2.75) is 26.4 Å². The molecule has 0 saturated heterocycles. The van der Waals surface area contributed by atoms with Crippen LogP contribution in [0.1, 0.15) is 35.7 Å². The molecule has 0 radical (unpaired) electrons. The Morgan fingerprint density at radius 1 is 0.578 bits per heavy atom. The predicted octanol–water partition coefficient (Wildman–Crippen LogP) is 4.08. The molecule has 12 nitrogen and oxygen atoms in total. The molecule has 0 heterocycles. The van der Waals surface area contributed by atoms with Gasteiger partial charge in [0.25, 0.3) is 0 Å². The van der Waals surface area contributed by atoms with Crippen molar-refractivity contribution in [3.63, 3.8) is 0 Å². The molecule has 0 bridgehead atoms. The number of unbranched alkanes of at least 4 members (excludes halogenated alkanes) is 1. The Balaban J connectivity index is 1.24. The zero-order valence-electron chi connectivity index (χ0n) is 26.5. The van der Waals surface area contributed by atoms with Crippen molar-refractivity contribution in [3.8, 4) is 0 Å². The van der Waals surface area contributed by atoms with Gasteiger partial charge in [-0.25, -0.2) is 9.59 Å². The lowest BCUT2D eigenvalue weighted by Gasteiger charge is -2.09. The number of ether oxygens (including phenoxy) is 8. The van der Waals surface area contributed by atoms with E-state index in [0.717, 1.165) is 30.6 Å². The smallest absolute Gasteiger partial charge is 0.407 e. The summed E-state index contributed by atoms with van der Waals surface area (Å²) in [5.74, 6) is -0.365. The molecule has 2 aromatic rings. The van der Waals surface area contributed by atoms with Crippen LogP contribution in [0.3, 0.4) is 0 Å². The molecule has 1 amide bonds. The molecule has 252 valence electrons. The van der Waals surface area contributed by atoms with Crippen LogP contribution in [0, 0.1) is 0 Å². The van der Waals surface area contributed by atoms with Crippen molar-refractivity contribution < 1.29 is 47.5 Å². The van der Waals surface area contributed by atoms with Crippen molar-refractivity contribution in [1.29, 1.82) is 0 Å². The summed E-state index contributed by atoms with van der Waals surface area (Å²) in [5.41, 5.74) is 2.44. The van der Waals surface area contributed by atoms with Crippen LogP contribution in [-0.2, 0) is 44.5 Å². The first-order valence-corrected chi connectivity index (χ1v) is 15.6. The first kappa shape index (κ1) is 37.9. The second kappa shape index (κ2) is 27.1. The summed E-state index contributed by atoms with van der Waals surface area (Å²) < 4.78 is 43.0. The van der Waals surface area contributed by atoms with Gasteiger partial charge in [-0.1, -0.05) is 43.7 Å². The maximum absolute atomic E-state index is 12.1. The summed E-state index contributed by atoms with van der Waals surface area (Å²) in [6, 6.07) is 16.8. The average Bonchev–Trinajstić information content (AvgIpc) is 3.07. The molecule has 0 aromatic heterocycles. The molecule has 0 aliphatic rings. The highest BCUT2D eigenvalue weighted by Gasteiger charge is 2.07. The van der Waals surface area contributed by atoms with Crippen LogP contribution in [0.2, 0.25) is 0 Å². The van der Waals surface area contributed by atoms with Gasteiger partial charge in [-0.2, -0.15) is 0 Å². The van der Waals surface area contributed by atoms with E-state index < -0.39 is 6.09 Å². The highest BCUT2D eigenvalue weighted by atomic mass is 16.6. The normalized spacial score (nSPS) is 10.9. The van der Waals surface area contributed by atoms with Crippen molar-refractivity contribution in [2.75, 3.05) is 104 Å². The van der Waals surface area contributed by atoms with Crippen molar-refractivity contribution in [3.05, 3.63) is 65.7 Å². The van der Waals surface area contributed by atoms with Crippen LogP contribution in [0.15, 0.2) is 54.6 Å². The summed E-state index contributed by atoms with van der Waals surface area (Å²) in [4.78, 5) is 23.7. The minimum Gasteiger partial charge on any atom is -0.460 e. The minimum absolute atomic E-state index is 0.185. The SMILES string of the molecule is CCCCNc1ccc(C(=O)OCCOCCOCCOCCOCCOCCOCCNC(=O)OCc2ccccc2)cc1. The maximum atomic E-state index is 12.1. The van der Waals surface area contributed by atoms with E-state index in [1.807, 2.05) is 42.5 Å². The molecular weight excluding hydrogens is 584 g/mol. The second-order valence-electron chi connectivity index (χ2n) is 9.66. The van der Waals surface area contributed by atoms with Crippen LogP contribution < -0.4 is 10.6 Å². The Morgan fingerprint density at radius 2 is 1.09 bits per heavy atom. The van der Waals surface area contributed by atoms with E-state index in [1.165, 1.54) is 0 Å². The number of hydrogen-bond acceptors (Lipinski definition) is 11. The molecule has 0 aliphatic carbocycles. The van der Waals surface area contributed by atoms with Crippen LogP contribution in [0.4, 0.5) is 10.5 Å². The molecule has 2 aromatic carbocycles. The fourth-order valence-corrected chi connectivity index (χ4v) is 3.61. The van der Waals surface area contributed by atoms with Gasteiger partial charge < -0.3 is 48.5 Å². The Hall–Kier alpha value is -3.26. The third-order valence-corrected chi connectivity index (χ3v) is 6.03.